The van der Waals surface area contributed by atoms with Gasteiger partial charge in [-0.2, -0.15) is 0 Å². The molecule has 0 atom stereocenters. The minimum atomic E-state index is 1.65. The third kappa shape index (κ3) is 87.2. The second kappa shape index (κ2) is 59.5. The van der Waals surface area contributed by atoms with Crippen molar-refractivity contribution in [3.63, 3.8) is 0 Å². The molecule has 32 valence electrons. The summed E-state index contributed by atoms with van der Waals surface area (Å²) in [5, 5.41) is 0. The molecule has 0 aliphatic heterocycles. The summed E-state index contributed by atoms with van der Waals surface area (Å²) in [6.07, 6.45) is 0. The van der Waals surface area contributed by atoms with Crippen molar-refractivity contribution in [1.82, 2.24) is 5.43 Å². The van der Waals surface area contributed by atoms with Gasteiger partial charge in [0, 0.05) is 0 Å². The standard InChI is InChI=1S/C2H4.CH6N2/c1-2;1-3-2/h1-2H2;3H,2H2,1H3. The molecule has 0 amide bonds. The number of nitrogens with one attached hydrogen (secondary N) is 1. The first-order valence-corrected chi connectivity index (χ1v) is 1.29. The summed E-state index contributed by atoms with van der Waals surface area (Å²) in [5.74, 6) is 4.60. The van der Waals surface area contributed by atoms with Crippen molar-refractivity contribution in [1.29, 1.82) is 0 Å². The Morgan fingerprint density at radius 2 is 1.60 bits per heavy atom. The Hall–Kier alpha value is -0.340. The molecule has 0 unspecified atom stereocenters. The molecule has 0 spiro atoms. The Morgan fingerprint density at radius 3 is 1.60 bits per heavy atom. The Labute approximate surface area is 32.6 Å². The van der Waals surface area contributed by atoms with Crippen molar-refractivity contribution in [2.24, 2.45) is 5.84 Å². The smallest absolute Gasteiger partial charge is 0.00172 e. The van der Waals surface area contributed by atoms with E-state index in [1.165, 1.54) is 0 Å². The number of nitrogens with two attached hydrogens (primary N) is 1. The molecular weight excluding hydrogens is 64.0 g/mol. The van der Waals surface area contributed by atoms with Crippen LogP contribution in [0.25, 0.3) is 0 Å². The predicted octanol–water partition coefficient (Wildman–Crippen LogP) is -0.118. The molecule has 0 saturated carbocycles. The van der Waals surface area contributed by atoms with Crippen LogP contribution in [-0.4, -0.2) is 7.05 Å². The highest BCUT2D eigenvalue weighted by atomic mass is 15.2. The average Bonchev–Trinajstić information content (AvgIpc) is 1.46. The number of hydrogen-bond donors (Lipinski definition) is 2. The summed E-state index contributed by atoms with van der Waals surface area (Å²) in [6.45, 7) is 6.00. The van der Waals surface area contributed by atoms with Crippen LogP contribution in [0, 0.1) is 0 Å². The van der Waals surface area contributed by atoms with Gasteiger partial charge in [-0.1, -0.05) is 0 Å². The van der Waals surface area contributed by atoms with E-state index in [1.54, 1.807) is 7.05 Å². The molecule has 0 aromatic rings. The van der Waals surface area contributed by atoms with E-state index < -0.39 is 0 Å². The van der Waals surface area contributed by atoms with Gasteiger partial charge in [0.1, 0.15) is 0 Å². The van der Waals surface area contributed by atoms with Crippen molar-refractivity contribution in [3.05, 3.63) is 13.2 Å². The third-order valence-corrected chi connectivity index (χ3v) is 0. The Bertz CT molecular complexity index is 8.85. The van der Waals surface area contributed by atoms with Gasteiger partial charge in [-0.05, 0) is 7.05 Å². The molecule has 3 N–H and O–H groups in total. The van der Waals surface area contributed by atoms with Crippen molar-refractivity contribution in [3.8, 4) is 0 Å². The van der Waals surface area contributed by atoms with E-state index in [0.717, 1.165) is 0 Å². The van der Waals surface area contributed by atoms with Crippen LogP contribution in [-0.2, 0) is 0 Å². The Kier molecular flexibility index (Phi) is 105. The molecule has 0 rings (SSSR count). The van der Waals surface area contributed by atoms with E-state index in [9.17, 15) is 0 Å². The van der Waals surface area contributed by atoms with Crippen LogP contribution in [0.5, 0.6) is 0 Å². The summed E-state index contributed by atoms with van der Waals surface area (Å²) >= 11 is 0. The zero-order valence-corrected chi connectivity index (χ0v) is 3.49. The average molecular weight is 74.1 g/mol. The van der Waals surface area contributed by atoms with Crippen LogP contribution in [0.1, 0.15) is 0 Å². The maximum absolute atomic E-state index is 4.60. The fraction of sp³-hybridized carbons (Fsp3) is 0.333. The largest absolute Gasteiger partial charge is 0.272 e. The van der Waals surface area contributed by atoms with Crippen LogP contribution in [0.3, 0.4) is 0 Å². The van der Waals surface area contributed by atoms with E-state index >= 15 is 0 Å². The summed E-state index contributed by atoms with van der Waals surface area (Å²) in [7, 11) is 1.65. The molecule has 0 saturated heterocycles. The Balaban J connectivity index is 0. The normalized spacial score (nSPS) is 4.40. The van der Waals surface area contributed by atoms with Gasteiger partial charge < -0.3 is 0 Å². The van der Waals surface area contributed by atoms with Gasteiger partial charge in [-0.25, -0.2) is 0 Å². The van der Waals surface area contributed by atoms with Crippen LogP contribution in [0.15, 0.2) is 13.2 Å². The van der Waals surface area contributed by atoms with Crippen molar-refractivity contribution in [2.45, 2.75) is 0 Å². The van der Waals surface area contributed by atoms with Gasteiger partial charge >= 0.3 is 0 Å². The molecular formula is C3H10N2. The van der Waals surface area contributed by atoms with Crippen LogP contribution < -0.4 is 11.3 Å². The topological polar surface area (TPSA) is 38.0 Å². The zero-order valence-electron chi connectivity index (χ0n) is 3.49. The fourth-order valence-electron chi connectivity index (χ4n) is 0. The van der Waals surface area contributed by atoms with Gasteiger partial charge in [-0.15, -0.1) is 13.2 Å². The highest BCUT2D eigenvalue weighted by molar-refractivity contribution is 4.22. The summed E-state index contributed by atoms with van der Waals surface area (Å²) in [6, 6.07) is 0. The number of hydrogen-bond acceptors (Lipinski definition) is 2. The second-order valence-corrected chi connectivity index (χ2v) is 0.289. The van der Waals surface area contributed by atoms with Gasteiger partial charge in [0.05, 0.1) is 0 Å². The van der Waals surface area contributed by atoms with E-state index in [4.69, 9.17) is 0 Å². The molecule has 0 heterocycles. The quantitative estimate of drug-likeness (QED) is 0.239. The lowest BCUT2D eigenvalue weighted by Crippen LogP contribution is -2.13. The molecule has 5 heavy (non-hydrogen) atoms. The maximum Gasteiger partial charge on any atom is -0.00172 e. The van der Waals surface area contributed by atoms with Gasteiger partial charge in [0.2, 0.25) is 0 Å². The molecule has 2 nitrogen and oxygen atoms in total. The van der Waals surface area contributed by atoms with Gasteiger partial charge in [0.25, 0.3) is 0 Å². The molecule has 0 fully saturated rings. The van der Waals surface area contributed by atoms with E-state index in [0.29, 0.717) is 0 Å². The maximum atomic E-state index is 4.60. The van der Waals surface area contributed by atoms with Crippen LogP contribution in [0.2, 0.25) is 0 Å². The minimum absolute atomic E-state index is 1.65. The highest BCUT2D eigenvalue weighted by Crippen LogP contribution is 0.862. The predicted molar refractivity (Wildman–Crippen MR) is 24.5 cm³/mol. The molecule has 0 aromatic heterocycles. The van der Waals surface area contributed by atoms with Crippen molar-refractivity contribution < 1.29 is 0 Å². The lowest BCUT2D eigenvalue weighted by atomic mass is 11.3. The lowest BCUT2D eigenvalue weighted by molar-refractivity contribution is 0.900. The summed E-state index contributed by atoms with van der Waals surface area (Å²) < 4.78 is 0. The van der Waals surface area contributed by atoms with E-state index in [2.05, 4.69) is 24.4 Å². The number of hydrazine groups is 1. The first-order chi connectivity index (χ1) is 2.41. The first-order valence-electron chi connectivity index (χ1n) is 1.29. The van der Waals surface area contributed by atoms with Gasteiger partial charge in [0.15, 0.2) is 0 Å². The highest BCUT2D eigenvalue weighted by Gasteiger charge is 1.22. The van der Waals surface area contributed by atoms with Gasteiger partial charge in [-0.3, -0.25) is 11.3 Å². The Morgan fingerprint density at radius 1 is 1.60 bits per heavy atom. The lowest BCUT2D eigenvalue weighted by Gasteiger charge is -1.62. The summed E-state index contributed by atoms with van der Waals surface area (Å²) in [4.78, 5) is 0. The molecule has 0 aromatic carbocycles. The molecule has 0 radical (unpaired) electrons. The van der Waals surface area contributed by atoms with E-state index in [-0.39, 0.29) is 0 Å². The molecule has 2 heteroatoms. The number of rotatable bonds is 0. The van der Waals surface area contributed by atoms with E-state index in [1.807, 2.05) is 0 Å². The third-order valence-electron chi connectivity index (χ3n) is 0. The fourth-order valence-corrected chi connectivity index (χ4v) is 0. The SMILES string of the molecule is C=C.CNN. The van der Waals surface area contributed by atoms with Crippen molar-refractivity contribution in [2.75, 3.05) is 7.05 Å². The minimum Gasteiger partial charge on any atom is -0.272 e. The molecule has 0 bridgehead atoms. The molecule has 0 aliphatic carbocycles. The monoisotopic (exact) mass is 74.1 g/mol. The van der Waals surface area contributed by atoms with Crippen molar-refractivity contribution >= 4 is 0 Å². The van der Waals surface area contributed by atoms with Crippen LogP contribution in [0.4, 0.5) is 0 Å². The van der Waals surface area contributed by atoms with Crippen LogP contribution >= 0.6 is 0 Å². The second-order valence-electron chi connectivity index (χ2n) is 0.289. The molecule has 0 aliphatic rings. The summed E-state index contributed by atoms with van der Waals surface area (Å²) in [5.41, 5.74) is 2.25. The first kappa shape index (κ1) is 8.82. The zero-order chi connectivity index (χ0) is 4.71.